The molecular formula is C23H33N3O3. The van der Waals surface area contributed by atoms with Gasteiger partial charge < -0.3 is 15.0 Å². The van der Waals surface area contributed by atoms with Crippen molar-refractivity contribution < 1.29 is 14.3 Å². The summed E-state index contributed by atoms with van der Waals surface area (Å²) < 4.78 is 6.16. The van der Waals surface area contributed by atoms with E-state index in [9.17, 15) is 9.59 Å². The molecule has 6 nitrogen and oxygen atoms in total. The fourth-order valence-electron chi connectivity index (χ4n) is 5.27. The molecule has 3 aliphatic rings. The molecule has 6 heteroatoms. The van der Waals surface area contributed by atoms with Crippen LogP contribution in [0.5, 0.6) is 5.75 Å². The molecule has 0 aromatic heterocycles. The summed E-state index contributed by atoms with van der Waals surface area (Å²) in [6.45, 7) is 2.37. The first kappa shape index (κ1) is 20.2. The zero-order chi connectivity index (χ0) is 20.2. The number of nitrogens with zero attached hydrogens (tertiary/aromatic N) is 2. The molecule has 1 N–H and O–H groups in total. The van der Waals surface area contributed by atoms with E-state index in [0.717, 1.165) is 51.1 Å². The summed E-state index contributed by atoms with van der Waals surface area (Å²) in [6.07, 6.45) is 7.08. The quantitative estimate of drug-likeness (QED) is 0.826. The van der Waals surface area contributed by atoms with Gasteiger partial charge in [-0.15, -0.1) is 0 Å². The number of benzene rings is 1. The summed E-state index contributed by atoms with van der Waals surface area (Å²) in [7, 11) is 1.70. The molecule has 1 aliphatic carbocycles. The molecule has 1 saturated carbocycles. The molecule has 2 atom stereocenters. The number of ether oxygens (including phenoxy) is 1. The van der Waals surface area contributed by atoms with E-state index in [0.29, 0.717) is 18.4 Å². The van der Waals surface area contributed by atoms with Gasteiger partial charge in [-0.1, -0.05) is 31.0 Å². The molecule has 1 aromatic rings. The summed E-state index contributed by atoms with van der Waals surface area (Å²) in [5.41, 5.74) is 0. The van der Waals surface area contributed by atoms with Crippen LogP contribution in [0.3, 0.4) is 0 Å². The third-order valence-electron chi connectivity index (χ3n) is 6.85. The first-order valence-corrected chi connectivity index (χ1v) is 11.1. The van der Waals surface area contributed by atoms with E-state index in [-0.39, 0.29) is 24.0 Å². The van der Waals surface area contributed by atoms with Gasteiger partial charge in [0.1, 0.15) is 11.9 Å². The second-order valence-corrected chi connectivity index (χ2v) is 8.65. The number of hydrogen-bond donors (Lipinski definition) is 1. The topological polar surface area (TPSA) is 61.9 Å². The van der Waals surface area contributed by atoms with Crippen molar-refractivity contribution in [2.75, 3.05) is 26.7 Å². The van der Waals surface area contributed by atoms with Crippen molar-refractivity contribution in [2.24, 2.45) is 5.92 Å². The predicted octanol–water partition coefficient (Wildman–Crippen LogP) is 2.44. The Bertz CT molecular complexity index is 697. The molecular weight excluding hydrogens is 366 g/mol. The third kappa shape index (κ3) is 4.58. The minimum absolute atomic E-state index is 0.0119. The van der Waals surface area contributed by atoms with Gasteiger partial charge in [0.05, 0.1) is 6.04 Å². The van der Waals surface area contributed by atoms with Crippen molar-refractivity contribution >= 4 is 11.8 Å². The number of likely N-dealkylation sites (tertiary alicyclic amines) is 2. The Kier molecular flexibility index (Phi) is 6.38. The smallest absolute Gasteiger partial charge is 0.237 e. The molecule has 3 fully saturated rings. The van der Waals surface area contributed by atoms with Gasteiger partial charge in [-0.3, -0.25) is 14.5 Å². The van der Waals surface area contributed by atoms with E-state index in [1.165, 1.54) is 12.8 Å². The van der Waals surface area contributed by atoms with E-state index in [2.05, 4.69) is 15.1 Å². The zero-order valence-corrected chi connectivity index (χ0v) is 17.4. The lowest BCUT2D eigenvalue weighted by Crippen LogP contribution is -2.52. The second-order valence-electron chi connectivity index (χ2n) is 8.65. The van der Waals surface area contributed by atoms with Crippen molar-refractivity contribution in [2.45, 2.75) is 63.1 Å². The number of para-hydroxylation sites is 1. The Morgan fingerprint density at radius 3 is 2.38 bits per heavy atom. The number of hydrogen-bond acceptors (Lipinski definition) is 4. The third-order valence-corrected chi connectivity index (χ3v) is 6.85. The Morgan fingerprint density at radius 2 is 1.72 bits per heavy atom. The minimum Gasteiger partial charge on any atom is -0.489 e. The van der Waals surface area contributed by atoms with Crippen molar-refractivity contribution in [1.82, 2.24) is 15.1 Å². The molecule has 0 radical (unpaired) electrons. The largest absolute Gasteiger partial charge is 0.489 e. The highest BCUT2D eigenvalue weighted by Gasteiger charge is 2.42. The van der Waals surface area contributed by atoms with E-state index in [1.54, 1.807) is 7.05 Å². The Balaban J connectivity index is 1.36. The van der Waals surface area contributed by atoms with Gasteiger partial charge in [-0.2, -0.15) is 0 Å². The number of amides is 2. The maximum absolute atomic E-state index is 12.7. The second kappa shape index (κ2) is 9.16. The van der Waals surface area contributed by atoms with Crippen LogP contribution < -0.4 is 10.1 Å². The number of rotatable bonds is 5. The van der Waals surface area contributed by atoms with E-state index < -0.39 is 0 Å². The number of carbonyl (C=O) groups is 2. The van der Waals surface area contributed by atoms with Crippen molar-refractivity contribution in [3.63, 3.8) is 0 Å². The molecule has 29 heavy (non-hydrogen) atoms. The molecule has 2 heterocycles. The molecule has 0 spiro atoms. The average Bonchev–Trinajstić information content (AvgIpc) is 3.44. The van der Waals surface area contributed by atoms with Crippen molar-refractivity contribution in [3.8, 4) is 5.75 Å². The Hall–Kier alpha value is -2.08. The van der Waals surface area contributed by atoms with Gasteiger partial charge >= 0.3 is 0 Å². The average molecular weight is 400 g/mol. The molecule has 4 rings (SSSR count). The monoisotopic (exact) mass is 399 g/mol. The van der Waals surface area contributed by atoms with Crippen LogP contribution in [0.4, 0.5) is 0 Å². The molecule has 2 amide bonds. The molecule has 158 valence electrons. The number of piperidine rings is 1. The first-order chi connectivity index (χ1) is 14.2. The maximum Gasteiger partial charge on any atom is 0.237 e. The lowest BCUT2D eigenvalue weighted by Gasteiger charge is -2.39. The highest BCUT2D eigenvalue weighted by molar-refractivity contribution is 5.82. The summed E-state index contributed by atoms with van der Waals surface area (Å²) >= 11 is 0. The molecule has 0 unspecified atom stereocenters. The summed E-state index contributed by atoms with van der Waals surface area (Å²) in [5, 5.41) is 2.82. The SMILES string of the molecule is CNC(=O)[C@@H]1C[C@H](Oc2ccccc2)CN1C1CCN(C(=O)C2CCCC2)CC1. The summed E-state index contributed by atoms with van der Waals surface area (Å²) in [5.74, 6) is 1.52. The van der Waals surface area contributed by atoms with E-state index in [1.807, 2.05) is 30.3 Å². The lowest BCUT2D eigenvalue weighted by molar-refractivity contribution is -0.137. The van der Waals surface area contributed by atoms with Gasteiger partial charge in [0.25, 0.3) is 0 Å². The highest BCUT2D eigenvalue weighted by atomic mass is 16.5. The number of nitrogens with one attached hydrogen (secondary N) is 1. The Labute approximate surface area is 173 Å². The zero-order valence-electron chi connectivity index (χ0n) is 17.4. The van der Waals surface area contributed by atoms with Gasteiger partial charge in [0.2, 0.25) is 11.8 Å². The number of carbonyl (C=O) groups excluding carboxylic acids is 2. The van der Waals surface area contributed by atoms with Crippen LogP contribution in [0, 0.1) is 5.92 Å². The van der Waals surface area contributed by atoms with Crippen LogP contribution in [0.1, 0.15) is 44.9 Å². The highest BCUT2D eigenvalue weighted by Crippen LogP contribution is 2.31. The van der Waals surface area contributed by atoms with Crippen LogP contribution in [-0.2, 0) is 9.59 Å². The molecule has 2 saturated heterocycles. The maximum atomic E-state index is 12.7. The van der Waals surface area contributed by atoms with Crippen LogP contribution >= 0.6 is 0 Å². The Morgan fingerprint density at radius 1 is 1.03 bits per heavy atom. The molecule has 0 bridgehead atoms. The van der Waals surface area contributed by atoms with Gasteiger partial charge in [0.15, 0.2) is 0 Å². The van der Waals surface area contributed by atoms with Crippen molar-refractivity contribution in [1.29, 1.82) is 0 Å². The van der Waals surface area contributed by atoms with Gasteiger partial charge in [-0.25, -0.2) is 0 Å². The number of likely N-dealkylation sites (N-methyl/N-ethyl adjacent to an activating group) is 1. The molecule has 2 aliphatic heterocycles. The van der Waals surface area contributed by atoms with Crippen molar-refractivity contribution in [3.05, 3.63) is 30.3 Å². The fourth-order valence-corrected chi connectivity index (χ4v) is 5.27. The first-order valence-electron chi connectivity index (χ1n) is 11.1. The predicted molar refractivity (Wildman–Crippen MR) is 112 cm³/mol. The van der Waals surface area contributed by atoms with E-state index >= 15 is 0 Å². The van der Waals surface area contributed by atoms with E-state index in [4.69, 9.17) is 4.74 Å². The van der Waals surface area contributed by atoms with Gasteiger partial charge in [0, 0.05) is 45.1 Å². The summed E-state index contributed by atoms with van der Waals surface area (Å²) in [6, 6.07) is 10.0. The van der Waals surface area contributed by atoms with Crippen LogP contribution in [0.15, 0.2) is 30.3 Å². The van der Waals surface area contributed by atoms with Crippen LogP contribution in [0.2, 0.25) is 0 Å². The standard InChI is InChI=1S/C23H33N3O3/c1-24-22(27)21-15-20(29-19-9-3-2-4-10-19)16-26(21)18-11-13-25(14-12-18)23(28)17-7-5-6-8-17/h2-4,9-10,17-18,20-21H,5-8,11-16H2,1H3,(H,24,27)/t20-,21-/m0/s1. The van der Waals surface area contributed by atoms with Crippen LogP contribution in [0.25, 0.3) is 0 Å². The van der Waals surface area contributed by atoms with Crippen LogP contribution in [-0.4, -0.2) is 66.5 Å². The van der Waals surface area contributed by atoms with Gasteiger partial charge in [-0.05, 0) is 37.8 Å². The lowest BCUT2D eigenvalue weighted by atomic mass is 9.99. The normalized spacial score (nSPS) is 26.6. The fraction of sp³-hybridized carbons (Fsp3) is 0.652. The minimum atomic E-state index is -0.157. The summed E-state index contributed by atoms with van der Waals surface area (Å²) in [4.78, 5) is 29.7. The molecule has 1 aromatic carbocycles.